The van der Waals surface area contributed by atoms with E-state index in [1.54, 1.807) is 13.1 Å². The van der Waals surface area contributed by atoms with Gasteiger partial charge in [0.2, 0.25) is 5.91 Å². The zero-order chi connectivity index (χ0) is 17.1. The number of nitrogens with zero attached hydrogens (tertiary/aromatic N) is 1. The van der Waals surface area contributed by atoms with Gasteiger partial charge >= 0.3 is 5.76 Å². The molecule has 0 saturated heterocycles. The van der Waals surface area contributed by atoms with Crippen molar-refractivity contribution >= 4 is 17.0 Å². The van der Waals surface area contributed by atoms with Crippen molar-refractivity contribution in [3.63, 3.8) is 0 Å². The largest absolute Gasteiger partial charge is 0.419 e. The van der Waals surface area contributed by atoms with Crippen LogP contribution >= 0.6 is 0 Å². The molecule has 5 nitrogen and oxygen atoms in total. The molecule has 0 bridgehead atoms. The maximum atomic E-state index is 12.0. The number of benzene rings is 2. The molecule has 0 fully saturated rings. The minimum absolute atomic E-state index is 0.0115. The predicted octanol–water partition coefficient (Wildman–Crippen LogP) is 2.34. The number of nitrogens with one attached hydrogen (secondary N) is 1. The van der Waals surface area contributed by atoms with Gasteiger partial charge in [0.25, 0.3) is 0 Å². The molecule has 0 spiro atoms. The highest BCUT2D eigenvalue weighted by Crippen LogP contribution is 2.14. The molecular formula is C19H20N2O3. The van der Waals surface area contributed by atoms with Crippen LogP contribution in [0.3, 0.4) is 0 Å². The van der Waals surface area contributed by atoms with Crippen molar-refractivity contribution < 1.29 is 9.21 Å². The molecule has 124 valence electrons. The minimum atomic E-state index is -0.367. The van der Waals surface area contributed by atoms with Gasteiger partial charge in [-0.3, -0.25) is 9.36 Å². The van der Waals surface area contributed by atoms with E-state index in [9.17, 15) is 9.59 Å². The molecule has 3 aromatic rings. The Bertz CT molecular complexity index is 937. The number of oxazole rings is 1. The molecule has 0 aliphatic carbocycles. The summed E-state index contributed by atoms with van der Waals surface area (Å²) in [5.74, 6) is -0.356. The third-order valence-corrected chi connectivity index (χ3v) is 4.04. The summed E-state index contributed by atoms with van der Waals surface area (Å²) in [7, 11) is 1.68. The van der Waals surface area contributed by atoms with Gasteiger partial charge in [0, 0.05) is 13.6 Å². The molecule has 1 N–H and O–H groups in total. The van der Waals surface area contributed by atoms with Gasteiger partial charge in [-0.25, -0.2) is 4.79 Å². The predicted molar refractivity (Wildman–Crippen MR) is 93.1 cm³/mol. The van der Waals surface area contributed by atoms with Crippen LogP contribution in [0.5, 0.6) is 0 Å². The van der Waals surface area contributed by atoms with Crippen LogP contribution in [0.2, 0.25) is 0 Å². The van der Waals surface area contributed by atoms with Crippen LogP contribution in [0.15, 0.2) is 51.7 Å². The topological polar surface area (TPSA) is 64.2 Å². The number of hydrogen-bond acceptors (Lipinski definition) is 3. The van der Waals surface area contributed by atoms with E-state index < -0.39 is 0 Å². The van der Waals surface area contributed by atoms with Crippen LogP contribution in [-0.2, 0) is 24.7 Å². The molecule has 0 unspecified atom stereocenters. The lowest BCUT2D eigenvalue weighted by Crippen LogP contribution is -2.27. The molecular weight excluding hydrogens is 304 g/mol. The summed E-state index contributed by atoms with van der Waals surface area (Å²) in [6.45, 7) is 2.57. The van der Waals surface area contributed by atoms with Gasteiger partial charge in [-0.05, 0) is 36.6 Å². The van der Waals surface area contributed by atoms with E-state index in [1.165, 1.54) is 4.57 Å². The number of rotatable bonds is 5. The van der Waals surface area contributed by atoms with Crippen molar-refractivity contribution in [3.8, 4) is 0 Å². The highest BCUT2D eigenvalue weighted by atomic mass is 16.4. The lowest BCUT2D eigenvalue weighted by Gasteiger charge is -2.06. The average molecular weight is 324 g/mol. The lowest BCUT2D eigenvalue weighted by molar-refractivity contribution is -0.120. The first-order chi connectivity index (χ1) is 11.5. The molecule has 1 heterocycles. The molecule has 0 saturated carbocycles. The summed E-state index contributed by atoms with van der Waals surface area (Å²) >= 11 is 0. The zero-order valence-corrected chi connectivity index (χ0v) is 13.8. The minimum Gasteiger partial charge on any atom is -0.408 e. The molecule has 24 heavy (non-hydrogen) atoms. The fourth-order valence-electron chi connectivity index (χ4n) is 2.74. The summed E-state index contributed by atoms with van der Waals surface area (Å²) in [5.41, 5.74) is 4.56. The Labute approximate surface area is 139 Å². The number of carbonyl (C=O) groups excluding carboxylic acids is 1. The van der Waals surface area contributed by atoms with Gasteiger partial charge < -0.3 is 9.73 Å². The Morgan fingerprint density at radius 3 is 2.79 bits per heavy atom. The molecule has 0 aliphatic rings. The molecule has 1 amide bonds. The van der Waals surface area contributed by atoms with E-state index in [4.69, 9.17) is 4.42 Å². The number of hydrogen-bond donors (Lipinski definition) is 1. The first-order valence-electron chi connectivity index (χ1n) is 7.93. The second kappa shape index (κ2) is 6.74. The highest BCUT2D eigenvalue weighted by Gasteiger charge is 2.07. The van der Waals surface area contributed by atoms with E-state index >= 15 is 0 Å². The quantitative estimate of drug-likeness (QED) is 0.783. The van der Waals surface area contributed by atoms with Crippen LogP contribution in [0.1, 0.15) is 16.7 Å². The van der Waals surface area contributed by atoms with Crippen LogP contribution in [0.25, 0.3) is 11.1 Å². The van der Waals surface area contributed by atoms with Crippen LogP contribution in [0, 0.1) is 6.92 Å². The Morgan fingerprint density at radius 1 is 1.17 bits per heavy atom. The number of fused-ring (bicyclic) bond motifs is 1. The summed E-state index contributed by atoms with van der Waals surface area (Å²) < 4.78 is 6.59. The summed E-state index contributed by atoms with van der Waals surface area (Å²) in [6, 6.07) is 13.6. The highest BCUT2D eigenvalue weighted by molar-refractivity contribution is 5.78. The maximum Gasteiger partial charge on any atom is 0.419 e. The monoisotopic (exact) mass is 324 g/mol. The molecule has 1 aromatic heterocycles. The maximum absolute atomic E-state index is 12.0. The third kappa shape index (κ3) is 3.56. The fourth-order valence-corrected chi connectivity index (χ4v) is 2.74. The molecule has 5 heteroatoms. The normalized spacial score (nSPS) is 10.9. The summed E-state index contributed by atoms with van der Waals surface area (Å²) in [5, 5.41) is 2.94. The lowest BCUT2D eigenvalue weighted by atomic mass is 10.1. The second-order valence-corrected chi connectivity index (χ2v) is 5.99. The van der Waals surface area contributed by atoms with Crippen LogP contribution < -0.4 is 11.1 Å². The number of amides is 1. The molecule has 0 aliphatic heterocycles. The molecule has 2 aromatic carbocycles. The zero-order valence-electron chi connectivity index (χ0n) is 13.8. The smallest absolute Gasteiger partial charge is 0.408 e. The van der Waals surface area contributed by atoms with Gasteiger partial charge in [-0.2, -0.15) is 0 Å². The van der Waals surface area contributed by atoms with Gasteiger partial charge in [-0.15, -0.1) is 0 Å². The van der Waals surface area contributed by atoms with Crippen molar-refractivity contribution in [3.05, 3.63) is 69.7 Å². The van der Waals surface area contributed by atoms with Gasteiger partial charge in [-0.1, -0.05) is 35.9 Å². The van der Waals surface area contributed by atoms with E-state index in [0.717, 1.165) is 22.2 Å². The second-order valence-electron chi connectivity index (χ2n) is 5.99. The third-order valence-electron chi connectivity index (χ3n) is 4.04. The van der Waals surface area contributed by atoms with Crippen molar-refractivity contribution in [1.29, 1.82) is 0 Å². The Morgan fingerprint density at radius 2 is 2.00 bits per heavy atom. The summed E-state index contributed by atoms with van der Waals surface area (Å²) in [6.07, 6.45) is 1.09. The Balaban J connectivity index is 1.57. The average Bonchev–Trinajstić information content (AvgIpc) is 2.82. The Hall–Kier alpha value is -2.82. The first-order valence-corrected chi connectivity index (χ1v) is 7.93. The SMILES string of the molecule is Cc1cccc(CC(=O)NCCc2ccc3oc(=O)n(C)c3c2)c1. The van der Waals surface area contributed by atoms with Crippen LogP contribution in [0.4, 0.5) is 0 Å². The van der Waals surface area contributed by atoms with Crippen molar-refractivity contribution in [2.24, 2.45) is 7.05 Å². The molecule has 3 rings (SSSR count). The van der Waals surface area contributed by atoms with E-state index in [1.807, 2.05) is 43.3 Å². The van der Waals surface area contributed by atoms with Crippen LogP contribution in [-0.4, -0.2) is 17.0 Å². The Kier molecular flexibility index (Phi) is 4.51. The van der Waals surface area contributed by atoms with E-state index in [-0.39, 0.29) is 11.7 Å². The number of aromatic nitrogens is 1. The molecule has 0 radical (unpaired) electrons. The number of aryl methyl sites for hydroxylation is 2. The van der Waals surface area contributed by atoms with E-state index in [0.29, 0.717) is 25.0 Å². The van der Waals surface area contributed by atoms with Gasteiger partial charge in [0.05, 0.1) is 11.9 Å². The van der Waals surface area contributed by atoms with Crippen molar-refractivity contribution in [2.75, 3.05) is 6.54 Å². The van der Waals surface area contributed by atoms with Gasteiger partial charge in [0.1, 0.15) is 0 Å². The fraction of sp³-hybridized carbons (Fsp3) is 0.263. The van der Waals surface area contributed by atoms with Crippen molar-refractivity contribution in [2.45, 2.75) is 19.8 Å². The standard InChI is InChI=1S/C19H20N2O3/c1-13-4-3-5-15(10-13)12-18(22)20-9-8-14-6-7-17-16(11-14)21(2)19(23)24-17/h3-7,10-11H,8-9,12H2,1-2H3,(H,20,22). The first kappa shape index (κ1) is 16.1. The molecule has 0 atom stereocenters. The summed E-state index contributed by atoms with van der Waals surface area (Å²) in [4.78, 5) is 23.5. The van der Waals surface area contributed by atoms with Crippen molar-refractivity contribution in [1.82, 2.24) is 9.88 Å². The van der Waals surface area contributed by atoms with E-state index in [2.05, 4.69) is 5.32 Å². The number of carbonyl (C=O) groups is 1. The van der Waals surface area contributed by atoms with Gasteiger partial charge in [0.15, 0.2) is 5.58 Å².